The Morgan fingerprint density at radius 1 is 1.62 bits per heavy atom. The fraction of sp³-hybridized carbons (Fsp3) is 0.545. The first-order chi connectivity index (χ1) is 6.36. The second-order valence-electron chi connectivity index (χ2n) is 3.76. The van der Waals surface area contributed by atoms with Gasteiger partial charge in [-0.2, -0.15) is 0 Å². The van der Waals surface area contributed by atoms with Gasteiger partial charge in [-0.25, -0.2) is 0 Å². The Balaban J connectivity index is 2.04. The van der Waals surface area contributed by atoms with E-state index >= 15 is 0 Å². The number of pyridine rings is 1. The van der Waals surface area contributed by atoms with Crippen molar-refractivity contribution < 1.29 is 0 Å². The molecule has 2 nitrogen and oxygen atoms in total. The monoisotopic (exact) mass is 176 g/mol. The average molecular weight is 176 g/mol. The van der Waals surface area contributed by atoms with Crippen molar-refractivity contribution in [3.8, 4) is 0 Å². The van der Waals surface area contributed by atoms with Gasteiger partial charge in [0, 0.05) is 24.4 Å². The lowest BCUT2D eigenvalue weighted by atomic mass is 10.1. The minimum Gasteiger partial charge on any atom is -0.314 e. The molecule has 2 heterocycles. The summed E-state index contributed by atoms with van der Waals surface area (Å²) >= 11 is 0. The van der Waals surface area contributed by atoms with Gasteiger partial charge in [0.1, 0.15) is 0 Å². The molecule has 0 aliphatic carbocycles. The number of hydrogen-bond acceptors (Lipinski definition) is 2. The van der Waals surface area contributed by atoms with E-state index in [4.69, 9.17) is 0 Å². The topological polar surface area (TPSA) is 24.9 Å². The molecule has 2 heteroatoms. The molecule has 1 fully saturated rings. The van der Waals surface area contributed by atoms with Crippen LogP contribution in [0.1, 0.15) is 24.1 Å². The van der Waals surface area contributed by atoms with E-state index in [1.165, 1.54) is 30.6 Å². The van der Waals surface area contributed by atoms with Gasteiger partial charge in [-0.05, 0) is 37.9 Å². The maximum absolute atomic E-state index is 4.40. The van der Waals surface area contributed by atoms with E-state index in [1.54, 1.807) is 0 Å². The molecule has 13 heavy (non-hydrogen) atoms. The second kappa shape index (κ2) is 3.88. The third-order valence-corrected chi connectivity index (χ3v) is 2.72. The highest BCUT2D eigenvalue weighted by Gasteiger charge is 2.15. The third-order valence-electron chi connectivity index (χ3n) is 2.72. The van der Waals surface area contributed by atoms with Gasteiger partial charge in [0.15, 0.2) is 0 Å². The molecule has 0 unspecified atom stereocenters. The average Bonchev–Trinajstić information content (AvgIpc) is 2.61. The fourth-order valence-corrected chi connectivity index (χ4v) is 1.90. The highest BCUT2D eigenvalue weighted by atomic mass is 14.9. The lowest BCUT2D eigenvalue weighted by Gasteiger charge is -2.10. The van der Waals surface area contributed by atoms with E-state index < -0.39 is 0 Å². The van der Waals surface area contributed by atoms with Gasteiger partial charge in [0.25, 0.3) is 0 Å². The molecule has 1 aliphatic rings. The molecule has 0 amide bonds. The summed E-state index contributed by atoms with van der Waals surface area (Å²) in [7, 11) is 0. The molecule has 0 bridgehead atoms. The third kappa shape index (κ3) is 2.07. The molecule has 1 aromatic rings. The molecule has 0 saturated carbocycles. The van der Waals surface area contributed by atoms with E-state index in [2.05, 4.69) is 23.3 Å². The molecular formula is C11H16N2. The molecule has 0 radical (unpaired) electrons. The summed E-state index contributed by atoms with van der Waals surface area (Å²) in [6.07, 6.45) is 5.59. The molecule has 1 saturated heterocycles. The summed E-state index contributed by atoms with van der Waals surface area (Å²) in [5.74, 6) is 0. The van der Waals surface area contributed by atoms with Crippen LogP contribution in [0.15, 0.2) is 18.3 Å². The molecule has 2 rings (SSSR count). The minimum absolute atomic E-state index is 0.661. The molecule has 0 aromatic carbocycles. The van der Waals surface area contributed by atoms with Crippen molar-refractivity contribution in [3.63, 3.8) is 0 Å². The number of hydrogen-bond donors (Lipinski definition) is 1. The molecule has 70 valence electrons. The number of nitrogens with zero attached hydrogens (tertiary/aromatic N) is 1. The Labute approximate surface area is 79.4 Å². The van der Waals surface area contributed by atoms with E-state index in [1.807, 2.05) is 12.3 Å². The van der Waals surface area contributed by atoms with Crippen molar-refractivity contribution in [3.05, 3.63) is 29.6 Å². The van der Waals surface area contributed by atoms with Crippen LogP contribution < -0.4 is 5.32 Å². The van der Waals surface area contributed by atoms with Crippen LogP contribution in [0.2, 0.25) is 0 Å². The summed E-state index contributed by atoms with van der Waals surface area (Å²) in [4.78, 5) is 4.40. The van der Waals surface area contributed by atoms with Gasteiger partial charge in [-0.3, -0.25) is 4.98 Å². The number of nitrogens with one attached hydrogen (secondary N) is 1. The number of rotatable bonds is 2. The fourth-order valence-electron chi connectivity index (χ4n) is 1.90. The standard InChI is InChI=1S/C11H16N2/c1-9-4-2-7-13-11(9)8-10-5-3-6-12-10/h2,4,7,10,12H,3,5-6,8H2,1H3/t10-/m0/s1. The van der Waals surface area contributed by atoms with Gasteiger partial charge in [0.05, 0.1) is 0 Å². The van der Waals surface area contributed by atoms with Crippen molar-refractivity contribution in [1.29, 1.82) is 0 Å². The van der Waals surface area contributed by atoms with Crippen LogP contribution in [0.4, 0.5) is 0 Å². The van der Waals surface area contributed by atoms with Gasteiger partial charge >= 0.3 is 0 Å². The summed E-state index contributed by atoms with van der Waals surface area (Å²) < 4.78 is 0. The van der Waals surface area contributed by atoms with Crippen LogP contribution in [0.25, 0.3) is 0 Å². The molecular weight excluding hydrogens is 160 g/mol. The van der Waals surface area contributed by atoms with Crippen LogP contribution in [0.3, 0.4) is 0 Å². The Kier molecular flexibility index (Phi) is 2.60. The number of aryl methyl sites for hydroxylation is 1. The quantitative estimate of drug-likeness (QED) is 0.741. The van der Waals surface area contributed by atoms with E-state index in [9.17, 15) is 0 Å². The smallest absolute Gasteiger partial charge is 0.0448 e. The zero-order chi connectivity index (χ0) is 9.10. The predicted molar refractivity (Wildman–Crippen MR) is 53.7 cm³/mol. The van der Waals surface area contributed by atoms with Crippen molar-refractivity contribution >= 4 is 0 Å². The van der Waals surface area contributed by atoms with Gasteiger partial charge < -0.3 is 5.32 Å². The lowest BCUT2D eigenvalue weighted by molar-refractivity contribution is 0.593. The van der Waals surface area contributed by atoms with Crippen molar-refractivity contribution in [2.45, 2.75) is 32.2 Å². The van der Waals surface area contributed by atoms with Crippen LogP contribution in [0, 0.1) is 6.92 Å². The maximum atomic E-state index is 4.40. The normalized spacial score (nSPS) is 22.1. The first kappa shape index (κ1) is 8.70. The Hall–Kier alpha value is -0.890. The van der Waals surface area contributed by atoms with Gasteiger partial charge in [-0.1, -0.05) is 6.07 Å². The minimum atomic E-state index is 0.661. The first-order valence-corrected chi connectivity index (χ1v) is 5.00. The SMILES string of the molecule is Cc1cccnc1C[C@@H]1CCCN1. The van der Waals surface area contributed by atoms with Crippen molar-refractivity contribution in [1.82, 2.24) is 10.3 Å². The van der Waals surface area contributed by atoms with Crippen molar-refractivity contribution in [2.75, 3.05) is 6.54 Å². The van der Waals surface area contributed by atoms with Gasteiger partial charge in [-0.15, -0.1) is 0 Å². The summed E-state index contributed by atoms with van der Waals surface area (Å²) in [5, 5.41) is 3.49. The molecule has 0 spiro atoms. The first-order valence-electron chi connectivity index (χ1n) is 5.00. The highest BCUT2D eigenvalue weighted by molar-refractivity contribution is 5.18. The van der Waals surface area contributed by atoms with Crippen LogP contribution >= 0.6 is 0 Å². The Morgan fingerprint density at radius 3 is 3.23 bits per heavy atom. The molecule has 1 aliphatic heterocycles. The molecule has 1 N–H and O–H groups in total. The number of aromatic nitrogens is 1. The highest BCUT2D eigenvalue weighted by Crippen LogP contribution is 2.12. The second-order valence-corrected chi connectivity index (χ2v) is 3.76. The zero-order valence-corrected chi connectivity index (χ0v) is 8.09. The summed E-state index contributed by atoms with van der Waals surface area (Å²) in [6, 6.07) is 4.80. The predicted octanol–water partition coefficient (Wildman–Crippen LogP) is 1.68. The lowest BCUT2D eigenvalue weighted by Crippen LogP contribution is -2.24. The zero-order valence-electron chi connectivity index (χ0n) is 8.09. The van der Waals surface area contributed by atoms with E-state index in [-0.39, 0.29) is 0 Å². The Bertz CT molecular complexity index is 277. The van der Waals surface area contributed by atoms with E-state index in [0.29, 0.717) is 6.04 Å². The van der Waals surface area contributed by atoms with Crippen LogP contribution in [-0.2, 0) is 6.42 Å². The maximum Gasteiger partial charge on any atom is 0.0448 e. The van der Waals surface area contributed by atoms with E-state index in [0.717, 1.165) is 6.42 Å². The van der Waals surface area contributed by atoms with Gasteiger partial charge in [0.2, 0.25) is 0 Å². The van der Waals surface area contributed by atoms with Crippen LogP contribution in [0.5, 0.6) is 0 Å². The Morgan fingerprint density at radius 2 is 2.54 bits per heavy atom. The summed E-state index contributed by atoms with van der Waals surface area (Å²) in [6.45, 7) is 3.31. The summed E-state index contributed by atoms with van der Waals surface area (Å²) in [5.41, 5.74) is 2.57. The van der Waals surface area contributed by atoms with Crippen molar-refractivity contribution in [2.24, 2.45) is 0 Å². The molecule has 1 atom stereocenters. The van der Waals surface area contributed by atoms with Crippen LogP contribution in [-0.4, -0.2) is 17.6 Å². The largest absolute Gasteiger partial charge is 0.314 e. The molecule has 1 aromatic heterocycles.